The van der Waals surface area contributed by atoms with Crippen molar-refractivity contribution < 1.29 is 19.4 Å². The van der Waals surface area contributed by atoms with E-state index in [4.69, 9.17) is 14.6 Å². The van der Waals surface area contributed by atoms with Crippen molar-refractivity contribution in [1.29, 1.82) is 0 Å². The second-order valence-electron chi connectivity index (χ2n) is 4.13. The highest BCUT2D eigenvalue weighted by atomic mass is 16.5. The smallest absolute Gasteiger partial charge is 0.354 e. The van der Waals surface area contributed by atoms with Gasteiger partial charge in [0.05, 0.1) is 19.9 Å². The summed E-state index contributed by atoms with van der Waals surface area (Å²) in [5.74, 6) is 0.335. The minimum atomic E-state index is -1.05. The van der Waals surface area contributed by atoms with Gasteiger partial charge < -0.3 is 14.6 Å². The van der Waals surface area contributed by atoms with E-state index >= 15 is 0 Å². The Labute approximate surface area is 116 Å². The maximum atomic E-state index is 10.7. The van der Waals surface area contributed by atoms with Crippen LogP contribution in [0, 0.1) is 0 Å². The molecule has 0 aliphatic heterocycles. The Hall–Kier alpha value is -2.56. The molecule has 1 heterocycles. The first-order valence-corrected chi connectivity index (χ1v) is 6.14. The predicted molar refractivity (Wildman–Crippen MR) is 73.4 cm³/mol. The van der Waals surface area contributed by atoms with Gasteiger partial charge >= 0.3 is 5.97 Å². The number of hydrogen-bond donors (Lipinski definition) is 1. The quantitative estimate of drug-likeness (QED) is 0.875. The molecule has 0 unspecified atom stereocenters. The summed E-state index contributed by atoms with van der Waals surface area (Å²) in [5, 5.41) is 8.73. The molecule has 0 atom stereocenters. The van der Waals surface area contributed by atoms with Crippen LogP contribution in [0.4, 0.5) is 0 Å². The summed E-state index contributed by atoms with van der Waals surface area (Å²) in [6.07, 6.45) is 2.17. The summed E-state index contributed by atoms with van der Waals surface area (Å²) in [6, 6.07) is 10.8. The summed E-state index contributed by atoms with van der Waals surface area (Å²) in [5.41, 5.74) is 1.15. The minimum absolute atomic E-state index is 0.00695. The average Bonchev–Trinajstić information content (AvgIpc) is 2.48. The lowest BCUT2D eigenvalue weighted by molar-refractivity contribution is 0.0690. The topological polar surface area (TPSA) is 68.7 Å². The molecular weight excluding hydrogens is 258 g/mol. The number of aromatic nitrogens is 1. The van der Waals surface area contributed by atoms with Crippen molar-refractivity contribution in [2.75, 3.05) is 13.7 Å². The van der Waals surface area contributed by atoms with Crippen LogP contribution in [0.3, 0.4) is 0 Å². The number of carboxylic acid groups (broad SMARTS) is 1. The van der Waals surface area contributed by atoms with Crippen LogP contribution in [0.1, 0.15) is 16.1 Å². The van der Waals surface area contributed by atoms with Crippen molar-refractivity contribution in [2.24, 2.45) is 0 Å². The Morgan fingerprint density at radius 3 is 2.40 bits per heavy atom. The molecule has 1 aromatic heterocycles. The molecule has 0 aliphatic rings. The van der Waals surface area contributed by atoms with E-state index in [0.717, 1.165) is 17.7 Å². The highest BCUT2D eigenvalue weighted by molar-refractivity contribution is 5.85. The molecule has 20 heavy (non-hydrogen) atoms. The molecule has 0 saturated heterocycles. The van der Waals surface area contributed by atoms with E-state index < -0.39 is 5.97 Å². The van der Waals surface area contributed by atoms with Gasteiger partial charge in [0.15, 0.2) is 0 Å². The largest absolute Gasteiger partial charge is 0.497 e. The number of pyridine rings is 1. The van der Waals surface area contributed by atoms with Crippen LogP contribution in [0.25, 0.3) is 0 Å². The van der Waals surface area contributed by atoms with E-state index in [1.165, 1.54) is 12.3 Å². The monoisotopic (exact) mass is 273 g/mol. The summed E-state index contributed by atoms with van der Waals surface area (Å²) in [4.78, 5) is 14.4. The maximum Gasteiger partial charge on any atom is 0.354 e. The number of benzene rings is 1. The number of aromatic carboxylic acids is 1. The molecule has 0 fully saturated rings. The molecule has 2 rings (SSSR count). The summed E-state index contributed by atoms with van der Waals surface area (Å²) < 4.78 is 10.6. The summed E-state index contributed by atoms with van der Waals surface area (Å²) in [6.45, 7) is 0.500. The number of carboxylic acids is 1. The molecule has 0 saturated carbocycles. The van der Waals surface area contributed by atoms with E-state index in [2.05, 4.69) is 4.98 Å². The highest BCUT2D eigenvalue weighted by Crippen LogP contribution is 2.13. The second-order valence-corrected chi connectivity index (χ2v) is 4.13. The van der Waals surface area contributed by atoms with Crippen LogP contribution >= 0.6 is 0 Å². The van der Waals surface area contributed by atoms with Crippen molar-refractivity contribution in [1.82, 2.24) is 4.98 Å². The van der Waals surface area contributed by atoms with E-state index in [0.29, 0.717) is 12.4 Å². The number of nitrogens with zero attached hydrogens (tertiary/aromatic N) is 1. The Balaban J connectivity index is 1.84. The molecular formula is C15H15NO4. The third kappa shape index (κ3) is 3.71. The first kappa shape index (κ1) is 13.9. The van der Waals surface area contributed by atoms with Crippen LogP contribution in [0.2, 0.25) is 0 Å². The van der Waals surface area contributed by atoms with Gasteiger partial charge in [-0.05, 0) is 29.8 Å². The fourth-order valence-corrected chi connectivity index (χ4v) is 1.67. The minimum Gasteiger partial charge on any atom is -0.497 e. The Bertz CT molecular complexity index is 563. The molecule has 0 aliphatic carbocycles. The fourth-order valence-electron chi connectivity index (χ4n) is 1.67. The molecule has 0 bridgehead atoms. The van der Waals surface area contributed by atoms with E-state index in [1.807, 2.05) is 24.3 Å². The molecule has 0 amide bonds. The van der Waals surface area contributed by atoms with Crippen LogP contribution in [-0.2, 0) is 6.42 Å². The number of rotatable bonds is 6. The van der Waals surface area contributed by atoms with Crippen LogP contribution in [0.15, 0.2) is 42.6 Å². The zero-order valence-corrected chi connectivity index (χ0v) is 11.1. The molecule has 0 spiro atoms. The van der Waals surface area contributed by atoms with Gasteiger partial charge in [-0.2, -0.15) is 0 Å². The van der Waals surface area contributed by atoms with Crippen molar-refractivity contribution in [2.45, 2.75) is 6.42 Å². The van der Waals surface area contributed by atoms with E-state index in [1.54, 1.807) is 13.2 Å². The molecule has 104 valence electrons. The second kappa shape index (κ2) is 6.56. The summed E-state index contributed by atoms with van der Waals surface area (Å²) >= 11 is 0. The van der Waals surface area contributed by atoms with Gasteiger partial charge in [-0.15, -0.1) is 0 Å². The lowest BCUT2D eigenvalue weighted by Gasteiger charge is -2.06. The van der Waals surface area contributed by atoms with Gasteiger partial charge in [0.1, 0.15) is 17.2 Å². The third-order valence-corrected chi connectivity index (χ3v) is 2.77. The lowest BCUT2D eigenvalue weighted by atomic mass is 10.1. The van der Waals surface area contributed by atoms with Gasteiger partial charge in [0.2, 0.25) is 0 Å². The van der Waals surface area contributed by atoms with Gasteiger partial charge in [0, 0.05) is 6.42 Å². The number of methoxy groups -OCH3 is 1. The van der Waals surface area contributed by atoms with Gasteiger partial charge in [-0.25, -0.2) is 9.78 Å². The predicted octanol–water partition coefficient (Wildman–Crippen LogP) is 2.41. The van der Waals surface area contributed by atoms with Crippen molar-refractivity contribution in [3.8, 4) is 11.5 Å². The van der Waals surface area contributed by atoms with E-state index in [-0.39, 0.29) is 5.69 Å². The van der Waals surface area contributed by atoms with Gasteiger partial charge in [0.25, 0.3) is 0 Å². The first-order valence-electron chi connectivity index (χ1n) is 6.14. The van der Waals surface area contributed by atoms with Crippen LogP contribution in [-0.4, -0.2) is 29.8 Å². The zero-order chi connectivity index (χ0) is 14.4. The van der Waals surface area contributed by atoms with Crippen molar-refractivity contribution in [3.63, 3.8) is 0 Å². The van der Waals surface area contributed by atoms with Crippen LogP contribution in [0.5, 0.6) is 11.5 Å². The fraction of sp³-hybridized carbons (Fsp3) is 0.200. The van der Waals surface area contributed by atoms with Gasteiger partial charge in [-0.1, -0.05) is 12.1 Å². The standard InChI is InChI=1S/C15H15NO4/c1-19-12-4-2-11(3-5-12)8-9-20-13-6-7-14(15(17)18)16-10-13/h2-7,10H,8-9H2,1H3,(H,17,18). The zero-order valence-electron chi connectivity index (χ0n) is 11.1. The van der Waals surface area contributed by atoms with Gasteiger partial charge in [-0.3, -0.25) is 0 Å². The van der Waals surface area contributed by atoms with Crippen molar-refractivity contribution in [3.05, 3.63) is 53.9 Å². The molecule has 5 heteroatoms. The normalized spacial score (nSPS) is 10.1. The number of ether oxygens (including phenoxy) is 2. The number of carbonyl (C=O) groups is 1. The first-order chi connectivity index (χ1) is 9.69. The Morgan fingerprint density at radius 1 is 1.15 bits per heavy atom. The molecule has 1 aromatic carbocycles. The Kier molecular flexibility index (Phi) is 4.55. The molecule has 1 N–H and O–H groups in total. The Morgan fingerprint density at radius 2 is 1.85 bits per heavy atom. The van der Waals surface area contributed by atoms with Crippen molar-refractivity contribution >= 4 is 5.97 Å². The van der Waals surface area contributed by atoms with Crippen LogP contribution < -0.4 is 9.47 Å². The molecule has 5 nitrogen and oxygen atoms in total. The molecule has 0 radical (unpaired) electrons. The van der Waals surface area contributed by atoms with E-state index in [9.17, 15) is 4.79 Å². The highest BCUT2D eigenvalue weighted by Gasteiger charge is 2.04. The maximum absolute atomic E-state index is 10.7. The lowest BCUT2D eigenvalue weighted by Crippen LogP contribution is -2.03. The summed E-state index contributed by atoms with van der Waals surface area (Å²) in [7, 11) is 1.63. The average molecular weight is 273 g/mol. The number of hydrogen-bond acceptors (Lipinski definition) is 4. The third-order valence-electron chi connectivity index (χ3n) is 2.77. The SMILES string of the molecule is COc1ccc(CCOc2ccc(C(=O)O)nc2)cc1. The molecule has 2 aromatic rings.